The SMILES string of the molecule is CCCC(CC)Nc1cc(CCNC(=O)OC(C)(C)C)c2[nH]c3ccc(Cl)cc3c2c1. The molecule has 1 amide bonds. The first-order chi connectivity index (χ1) is 14.7. The van der Waals surface area contributed by atoms with Crippen molar-refractivity contribution in [2.45, 2.75) is 71.9 Å². The van der Waals surface area contributed by atoms with Crippen LogP contribution in [-0.4, -0.2) is 29.3 Å². The molecule has 3 aromatic rings. The van der Waals surface area contributed by atoms with Gasteiger partial charge in [0, 0.05) is 45.1 Å². The monoisotopic (exact) mass is 443 g/mol. The van der Waals surface area contributed by atoms with Gasteiger partial charge in [0.05, 0.1) is 0 Å². The molecule has 0 aliphatic heterocycles. The molecular formula is C25H34ClN3O2. The largest absolute Gasteiger partial charge is 0.444 e. The lowest BCUT2D eigenvalue weighted by molar-refractivity contribution is 0.0528. The van der Waals surface area contributed by atoms with Crippen LogP contribution < -0.4 is 10.6 Å². The highest BCUT2D eigenvalue weighted by Crippen LogP contribution is 2.33. The van der Waals surface area contributed by atoms with E-state index in [1.165, 1.54) is 0 Å². The van der Waals surface area contributed by atoms with Gasteiger partial charge in [-0.2, -0.15) is 0 Å². The van der Waals surface area contributed by atoms with Crippen LogP contribution in [0.5, 0.6) is 0 Å². The third-order valence-electron chi connectivity index (χ3n) is 5.31. The third kappa shape index (κ3) is 6.07. The van der Waals surface area contributed by atoms with E-state index in [0.717, 1.165) is 57.3 Å². The molecule has 0 saturated carbocycles. The van der Waals surface area contributed by atoms with E-state index >= 15 is 0 Å². The highest BCUT2D eigenvalue weighted by Gasteiger charge is 2.17. The van der Waals surface area contributed by atoms with Crippen LogP contribution in [0.2, 0.25) is 5.02 Å². The van der Waals surface area contributed by atoms with Crippen molar-refractivity contribution in [3.05, 3.63) is 40.9 Å². The van der Waals surface area contributed by atoms with E-state index in [2.05, 4.69) is 41.6 Å². The first kappa shape index (κ1) is 23.3. The second kappa shape index (κ2) is 9.82. The molecule has 3 rings (SSSR count). The molecule has 0 spiro atoms. The van der Waals surface area contributed by atoms with Gasteiger partial charge in [-0.3, -0.25) is 0 Å². The number of benzene rings is 2. The Balaban J connectivity index is 1.92. The summed E-state index contributed by atoms with van der Waals surface area (Å²) in [6.45, 7) is 10.5. The number of anilines is 1. The first-order valence-corrected chi connectivity index (χ1v) is 11.5. The zero-order valence-electron chi connectivity index (χ0n) is 19.2. The summed E-state index contributed by atoms with van der Waals surface area (Å²) >= 11 is 6.28. The second-order valence-corrected chi connectivity index (χ2v) is 9.53. The Hall–Kier alpha value is -2.40. The molecule has 0 bridgehead atoms. The van der Waals surface area contributed by atoms with E-state index < -0.39 is 11.7 Å². The molecule has 31 heavy (non-hydrogen) atoms. The average molecular weight is 444 g/mol. The van der Waals surface area contributed by atoms with Crippen molar-refractivity contribution in [2.24, 2.45) is 0 Å². The lowest BCUT2D eigenvalue weighted by Crippen LogP contribution is -2.33. The molecule has 168 valence electrons. The van der Waals surface area contributed by atoms with Crippen LogP contribution in [0.1, 0.15) is 59.4 Å². The highest BCUT2D eigenvalue weighted by atomic mass is 35.5. The minimum Gasteiger partial charge on any atom is -0.444 e. The summed E-state index contributed by atoms with van der Waals surface area (Å²) in [6.07, 6.45) is 3.64. The summed E-state index contributed by atoms with van der Waals surface area (Å²) in [5, 5.41) is 9.54. The van der Waals surface area contributed by atoms with E-state index in [4.69, 9.17) is 16.3 Å². The van der Waals surface area contributed by atoms with Crippen LogP contribution in [0.4, 0.5) is 10.5 Å². The summed E-state index contributed by atoms with van der Waals surface area (Å²) < 4.78 is 5.36. The first-order valence-electron chi connectivity index (χ1n) is 11.2. The number of hydrogen-bond donors (Lipinski definition) is 3. The Kier molecular flexibility index (Phi) is 7.37. The standard InChI is InChI=1S/C25H34ClN3O2/c1-6-8-18(7-2)28-19-13-16(11-12-27-24(30)31-25(3,4)5)23-21(15-19)20-14-17(26)9-10-22(20)29-23/h9-10,13-15,18,28-29H,6-8,11-12H2,1-5H3,(H,27,30). The Morgan fingerprint density at radius 1 is 1.16 bits per heavy atom. The average Bonchev–Trinajstić information content (AvgIpc) is 3.04. The highest BCUT2D eigenvalue weighted by molar-refractivity contribution is 6.31. The molecule has 3 N–H and O–H groups in total. The van der Waals surface area contributed by atoms with Gasteiger partial charge in [-0.15, -0.1) is 0 Å². The predicted octanol–water partition coefficient (Wildman–Crippen LogP) is 7.03. The number of amides is 1. The number of ether oxygens (including phenoxy) is 1. The predicted molar refractivity (Wildman–Crippen MR) is 131 cm³/mol. The zero-order chi connectivity index (χ0) is 22.6. The summed E-state index contributed by atoms with van der Waals surface area (Å²) in [5.74, 6) is 0. The van der Waals surface area contributed by atoms with Crippen molar-refractivity contribution >= 4 is 45.2 Å². The molecule has 0 radical (unpaired) electrons. The van der Waals surface area contributed by atoms with Crippen molar-refractivity contribution in [1.82, 2.24) is 10.3 Å². The molecule has 0 fully saturated rings. The van der Waals surface area contributed by atoms with E-state index in [1.807, 2.05) is 39.0 Å². The Labute approximate surface area is 189 Å². The lowest BCUT2D eigenvalue weighted by atomic mass is 10.0. The third-order valence-corrected chi connectivity index (χ3v) is 5.55. The summed E-state index contributed by atoms with van der Waals surface area (Å²) in [6, 6.07) is 10.7. The van der Waals surface area contributed by atoms with Crippen molar-refractivity contribution in [2.75, 3.05) is 11.9 Å². The molecule has 1 aromatic heterocycles. The number of fused-ring (bicyclic) bond motifs is 3. The maximum Gasteiger partial charge on any atom is 0.407 e. The zero-order valence-corrected chi connectivity index (χ0v) is 20.0. The molecular weight excluding hydrogens is 410 g/mol. The smallest absolute Gasteiger partial charge is 0.407 e. The number of rotatable bonds is 8. The molecule has 1 unspecified atom stereocenters. The van der Waals surface area contributed by atoms with Crippen LogP contribution >= 0.6 is 11.6 Å². The van der Waals surface area contributed by atoms with Gasteiger partial charge < -0.3 is 20.4 Å². The number of aromatic nitrogens is 1. The Morgan fingerprint density at radius 3 is 2.61 bits per heavy atom. The van der Waals surface area contributed by atoms with E-state index in [1.54, 1.807) is 0 Å². The summed E-state index contributed by atoms with van der Waals surface area (Å²) in [7, 11) is 0. The van der Waals surface area contributed by atoms with Crippen LogP contribution in [-0.2, 0) is 11.2 Å². The Bertz CT molecular complexity index is 1050. The normalized spacial score (nSPS) is 12.8. The van der Waals surface area contributed by atoms with Gasteiger partial charge >= 0.3 is 6.09 Å². The van der Waals surface area contributed by atoms with Crippen LogP contribution in [0.3, 0.4) is 0 Å². The van der Waals surface area contributed by atoms with Gasteiger partial charge in [0.25, 0.3) is 0 Å². The van der Waals surface area contributed by atoms with Crippen molar-refractivity contribution in [3.63, 3.8) is 0 Å². The lowest BCUT2D eigenvalue weighted by Gasteiger charge is -2.20. The molecule has 5 nitrogen and oxygen atoms in total. The van der Waals surface area contributed by atoms with Crippen molar-refractivity contribution in [1.29, 1.82) is 0 Å². The number of aromatic amines is 1. The topological polar surface area (TPSA) is 66.2 Å². The van der Waals surface area contributed by atoms with Crippen LogP contribution in [0.15, 0.2) is 30.3 Å². The summed E-state index contributed by atoms with van der Waals surface area (Å²) in [4.78, 5) is 15.6. The molecule has 6 heteroatoms. The quantitative estimate of drug-likeness (QED) is 0.350. The van der Waals surface area contributed by atoms with E-state index in [0.29, 0.717) is 19.0 Å². The van der Waals surface area contributed by atoms with Crippen molar-refractivity contribution in [3.8, 4) is 0 Å². The number of halogens is 1. The van der Waals surface area contributed by atoms with Crippen molar-refractivity contribution < 1.29 is 9.53 Å². The number of nitrogens with one attached hydrogen (secondary N) is 3. The number of carbonyl (C=O) groups excluding carboxylic acids is 1. The fourth-order valence-corrected chi connectivity index (χ4v) is 4.07. The summed E-state index contributed by atoms with van der Waals surface area (Å²) in [5.41, 5.74) is 3.87. The van der Waals surface area contributed by atoms with Crippen LogP contribution in [0, 0.1) is 0 Å². The van der Waals surface area contributed by atoms with E-state index in [9.17, 15) is 4.79 Å². The number of carbonyl (C=O) groups is 1. The van der Waals surface area contributed by atoms with Gasteiger partial charge in [-0.25, -0.2) is 4.79 Å². The van der Waals surface area contributed by atoms with Crippen LogP contribution in [0.25, 0.3) is 21.8 Å². The maximum absolute atomic E-state index is 12.0. The van der Waals surface area contributed by atoms with E-state index in [-0.39, 0.29) is 0 Å². The second-order valence-electron chi connectivity index (χ2n) is 9.09. The Morgan fingerprint density at radius 2 is 1.94 bits per heavy atom. The molecule has 1 atom stereocenters. The number of H-pyrrole nitrogens is 1. The number of alkyl carbamates (subject to hydrolysis) is 1. The van der Waals surface area contributed by atoms with Gasteiger partial charge in [0.2, 0.25) is 0 Å². The van der Waals surface area contributed by atoms with Gasteiger partial charge in [0.1, 0.15) is 5.60 Å². The maximum atomic E-state index is 12.0. The molecule has 0 saturated heterocycles. The van der Waals surface area contributed by atoms with Gasteiger partial charge in [0.15, 0.2) is 0 Å². The minimum absolute atomic E-state index is 0.393. The van der Waals surface area contributed by atoms with Gasteiger partial charge in [-0.1, -0.05) is 31.9 Å². The molecule has 2 aromatic carbocycles. The number of hydrogen-bond acceptors (Lipinski definition) is 3. The minimum atomic E-state index is -0.508. The van der Waals surface area contributed by atoms with Gasteiger partial charge in [-0.05, 0) is 75.9 Å². The molecule has 0 aliphatic rings. The fourth-order valence-electron chi connectivity index (χ4n) is 3.90. The fraction of sp³-hybridized carbons (Fsp3) is 0.480. The molecule has 1 heterocycles. The molecule has 0 aliphatic carbocycles.